The molecule has 2 aliphatic heterocycles. The maximum Gasteiger partial charge on any atom is 0.209 e. The second-order valence-corrected chi connectivity index (χ2v) is 13.8. The van der Waals surface area contributed by atoms with Crippen molar-refractivity contribution < 1.29 is 4.79 Å². The summed E-state index contributed by atoms with van der Waals surface area (Å²) in [5.74, 6) is 1.02. The summed E-state index contributed by atoms with van der Waals surface area (Å²) in [6, 6.07) is 2.38. The van der Waals surface area contributed by atoms with Gasteiger partial charge < -0.3 is 25.6 Å². The third-order valence-corrected chi connectivity index (χ3v) is 10.8. The van der Waals surface area contributed by atoms with Crippen molar-refractivity contribution in [1.29, 1.82) is 5.41 Å². The number of benzene rings is 1. The Bertz CT molecular complexity index is 1250. The van der Waals surface area contributed by atoms with Gasteiger partial charge in [0.2, 0.25) is 6.41 Å². The molecule has 2 saturated carbocycles. The lowest BCUT2D eigenvalue weighted by Gasteiger charge is -2.58. The van der Waals surface area contributed by atoms with Gasteiger partial charge in [-0.2, -0.15) is 5.10 Å². The van der Waals surface area contributed by atoms with Crippen molar-refractivity contribution in [3.05, 3.63) is 27.9 Å². The van der Waals surface area contributed by atoms with Crippen LogP contribution in [0.1, 0.15) is 55.0 Å². The number of halogens is 2. The van der Waals surface area contributed by atoms with E-state index < -0.39 is 0 Å². The first-order chi connectivity index (χ1) is 17.8. The number of piperazine rings is 1. The maximum atomic E-state index is 11.2. The largest absolute Gasteiger partial charge is 0.358 e. The molecule has 2 saturated heterocycles. The minimum Gasteiger partial charge on any atom is -0.358 e. The monoisotopic (exact) mass is 653 g/mol. The molecule has 11 heteroatoms. The van der Waals surface area contributed by atoms with Gasteiger partial charge in [-0.3, -0.25) is 9.48 Å². The molecule has 4 aliphatic rings. The number of nitrogens with zero attached hydrogens (tertiary/aromatic N) is 4. The summed E-state index contributed by atoms with van der Waals surface area (Å²) in [5.41, 5.74) is 6.25. The summed E-state index contributed by atoms with van der Waals surface area (Å²) in [7, 11) is 0. The predicted molar refractivity (Wildman–Crippen MR) is 161 cm³/mol. The van der Waals surface area contributed by atoms with E-state index in [0.717, 1.165) is 91.4 Å². The molecule has 1 aromatic carbocycles. The van der Waals surface area contributed by atoms with Gasteiger partial charge in [-0.25, -0.2) is 0 Å². The molecule has 1 atom stereocenters. The molecule has 0 radical (unpaired) electrons. The highest BCUT2D eigenvalue weighted by atomic mass is 127. The third kappa shape index (κ3) is 4.02. The average Bonchev–Trinajstić information content (AvgIpc) is 3.14. The van der Waals surface area contributed by atoms with Gasteiger partial charge in [0.1, 0.15) is 0 Å². The summed E-state index contributed by atoms with van der Waals surface area (Å²) >= 11 is 9.42. The Labute approximate surface area is 238 Å². The smallest absolute Gasteiger partial charge is 0.209 e. The zero-order chi connectivity index (χ0) is 25.9. The highest BCUT2D eigenvalue weighted by Crippen LogP contribution is 2.56. The number of aromatic nitrogens is 2. The van der Waals surface area contributed by atoms with Crippen LogP contribution in [0.5, 0.6) is 0 Å². The van der Waals surface area contributed by atoms with E-state index in [1.807, 2.05) is 11.8 Å². The van der Waals surface area contributed by atoms with Crippen LogP contribution in [0.3, 0.4) is 0 Å². The van der Waals surface area contributed by atoms with E-state index in [9.17, 15) is 4.79 Å². The predicted octanol–water partition coefficient (Wildman–Crippen LogP) is 5.30. The summed E-state index contributed by atoms with van der Waals surface area (Å²) in [6.45, 7) is 8.77. The normalized spacial score (nSPS) is 22.3. The highest BCUT2D eigenvalue weighted by Gasteiger charge is 2.54. The molecule has 198 valence electrons. The zero-order valence-electron chi connectivity index (χ0n) is 21.3. The van der Waals surface area contributed by atoms with Crippen molar-refractivity contribution in [2.75, 3.05) is 42.7 Å². The van der Waals surface area contributed by atoms with Crippen molar-refractivity contribution in [3.8, 4) is 11.1 Å². The van der Waals surface area contributed by atoms with Crippen molar-refractivity contribution in [1.82, 2.24) is 20.0 Å². The van der Waals surface area contributed by atoms with Gasteiger partial charge in [0.25, 0.3) is 0 Å². The van der Waals surface area contributed by atoms with Crippen LogP contribution in [0.15, 0.2) is 6.07 Å². The van der Waals surface area contributed by atoms with Gasteiger partial charge in [-0.1, -0.05) is 11.6 Å². The lowest BCUT2D eigenvalue weighted by Crippen LogP contribution is -2.65. The number of carbonyl (C=O) groups is 1. The Morgan fingerprint density at radius 3 is 2.68 bits per heavy atom. The van der Waals surface area contributed by atoms with E-state index in [0.29, 0.717) is 17.4 Å². The van der Waals surface area contributed by atoms with Gasteiger partial charge in [0, 0.05) is 78.8 Å². The number of nitrogens with one attached hydrogen (secondary N) is 3. The standard InChI is InChI=1S/C26H34ClIN7OP/c1-16-8-20(32-37-28)19(11-29)22(23(16)27)21-17(2)35(18-9-25(10-18)13-33(14-25)15-36)31-24(21)34-7-6-30-12-26(34)4-3-5-26/h8,11,15,18,29-30,32,37H,3-7,9-10,12-14H2,1-2H3. The fourth-order valence-corrected chi connectivity index (χ4v) is 8.60. The Morgan fingerprint density at radius 2 is 2.05 bits per heavy atom. The zero-order valence-corrected chi connectivity index (χ0v) is 25.2. The minimum atomic E-state index is 0.101. The van der Waals surface area contributed by atoms with Crippen molar-refractivity contribution in [2.24, 2.45) is 5.41 Å². The highest BCUT2D eigenvalue weighted by molar-refractivity contribution is 14.2. The van der Waals surface area contributed by atoms with Crippen molar-refractivity contribution in [2.45, 2.75) is 57.5 Å². The van der Waals surface area contributed by atoms with E-state index in [2.05, 4.69) is 55.0 Å². The fraction of sp³-hybridized carbons (Fsp3) is 0.577. The van der Waals surface area contributed by atoms with E-state index >= 15 is 0 Å². The molecule has 6 rings (SSSR count). The summed E-state index contributed by atoms with van der Waals surface area (Å²) < 4.78 is 2.24. The molecule has 1 amide bonds. The van der Waals surface area contributed by atoms with Crippen molar-refractivity contribution >= 4 is 64.1 Å². The van der Waals surface area contributed by atoms with Crippen LogP contribution in [-0.4, -0.2) is 65.6 Å². The van der Waals surface area contributed by atoms with Gasteiger partial charge in [0.05, 0.1) is 16.6 Å². The molecule has 8 nitrogen and oxygen atoms in total. The number of hydrogen-bond donors (Lipinski definition) is 3. The molecule has 2 spiro atoms. The van der Waals surface area contributed by atoms with E-state index in [-0.39, 0.29) is 11.0 Å². The molecule has 1 aromatic heterocycles. The van der Waals surface area contributed by atoms with Crippen molar-refractivity contribution in [3.63, 3.8) is 0 Å². The molecule has 2 aliphatic carbocycles. The second kappa shape index (κ2) is 9.65. The molecular formula is C26H34ClIN7OP. The lowest BCUT2D eigenvalue weighted by molar-refractivity contribution is -0.140. The first-order valence-electron chi connectivity index (χ1n) is 13.1. The fourth-order valence-electron chi connectivity index (χ4n) is 7.16. The quantitative estimate of drug-likeness (QED) is 0.164. The molecule has 4 fully saturated rings. The van der Waals surface area contributed by atoms with Gasteiger partial charge >= 0.3 is 0 Å². The molecule has 3 heterocycles. The summed E-state index contributed by atoms with van der Waals surface area (Å²) in [6.07, 6.45) is 8.58. The van der Waals surface area contributed by atoms with E-state index in [1.165, 1.54) is 25.5 Å². The number of likely N-dealkylation sites (tertiary alicyclic amines) is 1. The molecular weight excluding hydrogens is 620 g/mol. The first kappa shape index (κ1) is 25.8. The molecule has 1 unspecified atom stereocenters. The molecule has 0 bridgehead atoms. The van der Waals surface area contributed by atoms with Gasteiger partial charge in [-0.05, 0) is 79.6 Å². The van der Waals surface area contributed by atoms with Crippen LogP contribution < -0.4 is 15.3 Å². The summed E-state index contributed by atoms with van der Waals surface area (Å²) in [4.78, 5) is 15.6. The Balaban J connectivity index is 1.49. The lowest BCUT2D eigenvalue weighted by atomic mass is 9.61. The minimum absolute atomic E-state index is 0.101. The Hall–Kier alpha value is -1.42. The van der Waals surface area contributed by atoms with E-state index in [1.54, 1.807) is 0 Å². The number of anilines is 2. The third-order valence-electron chi connectivity index (χ3n) is 9.18. The van der Waals surface area contributed by atoms with Crippen LogP contribution in [0.25, 0.3) is 11.1 Å². The second-order valence-electron chi connectivity index (χ2n) is 11.4. The average molecular weight is 654 g/mol. The molecule has 3 N–H and O–H groups in total. The van der Waals surface area contributed by atoms with Crippen LogP contribution >= 0.6 is 40.0 Å². The number of hydrogen-bond acceptors (Lipinski definition) is 6. The van der Waals surface area contributed by atoms with Crippen LogP contribution in [0, 0.1) is 24.7 Å². The Kier molecular flexibility index (Phi) is 6.74. The van der Waals surface area contributed by atoms with Crippen LogP contribution in [-0.2, 0) is 4.79 Å². The van der Waals surface area contributed by atoms with Gasteiger partial charge in [-0.15, -0.1) is 0 Å². The topological polar surface area (TPSA) is 89.3 Å². The maximum absolute atomic E-state index is 11.2. The van der Waals surface area contributed by atoms with Crippen LogP contribution in [0.2, 0.25) is 5.02 Å². The van der Waals surface area contributed by atoms with E-state index in [4.69, 9.17) is 22.1 Å². The van der Waals surface area contributed by atoms with Crippen LogP contribution in [0.4, 0.5) is 11.5 Å². The molecule has 37 heavy (non-hydrogen) atoms. The number of amides is 1. The van der Waals surface area contributed by atoms with Gasteiger partial charge in [0.15, 0.2) is 5.82 Å². The first-order valence-corrected chi connectivity index (χ1v) is 17.6. The summed E-state index contributed by atoms with van der Waals surface area (Å²) in [5, 5.41) is 21.6. The SMILES string of the molecule is Cc1cc(NPI)c(C=N)c(-c2c(N3CCNCC34CCC4)nn(C3CC4(C3)CN(C=O)C4)c2C)c1Cl. The number of rotatable bonds is 7. The number of aryl methyl sites for hydroxylation is 1. The number of carbonyl (C=O) groups excluding carboxylic acids is 1. The Morgan fingerprint density at radius 1 is 1.30 bits per heavy atom. The molecule has 2 aromatic rings.